The van der Waals surface area contributed by atoms with Crippen LogP contribution in [0.4, 0.5) is 0 Å². The molecular weight excluding hydrogens is 254 g/mol. The van der Waals surface area contributed by atoms with Crippen LogP contribution in [0.25, 0.3) is 0 Å². The molecule has 6 nitrogen and oxygen atoms in total. The van der Waals surface area contributed by atoms with E-state index in [0.717, 1.165) is 30.1 Å². The van der Waals surface area contributed by atoms with E-state index in [1.54, 1.807) is 4.90 Å². The molecule has 1 aliphatic heterocycles. The van der Waals surface area contributed by atoms with Crippen molar-refractivity contribution in [3.8, 4) is 0 Å². The quantitative estimate of drug-likeness (QED) is 0.853. The van der Waals surface area contributed by atoms with Gasteiger partial charge in [0.15, 0.2) is 0 Å². The van der Waals surface area contributed by atoms with Gasteiger partial charge in [-0.15, -0.1) is 5.10 Å². The molecule has 1 N–H and O–H groups in total. The first-order valence-corrected chi connectivity index (χ1v) is 6.86. The molecule has 0 saturated carbocycles. The van der Waals surface area contributed by atoms with Gasteiger partial charge in [0, 0.05) is 6.54 Å². The molecule has 100 valence electrons. The van der Waals surface area contributed by atoms with Crippen LogP contribution in [-0.4, -0.2) is 57.9 Å². The van der Waals surface area contributed by atoms with Crippen molar-refractivity contribution < 1.29 is 14.6 Å². The van der Waals surface area contributed by atoms with Crippen LogP contribution in [0.15, 0.2) is 0 Å². The molecule has 0 radical (unpaired) electrons. The first-order valence-electron chi connectivity index (χ1n) is 6.08. The molecule has 1 aromatic rings. The van der Waals surface area contributed by atoms with Gasteiger partial charge in [0.1, 0.15) is 4.88 Å². The number of aliphatic hydroxyl groups is 1. The second kappa shape index (κ2) is 6.21. The first-order chi connectivity index (χ1) is 8.77. The highest BCUT2D eigenvalue weighted by molar-refractivity contribution is 7.08. The zero-order valence-corrected chi connectivity index (χ0v) is 11.2. The summed E-state index contributed by atoms with van der Waals surface area (Å²) in [6.07, 6.45) is 1.68. The van der Waals surface area contributed by atoms with Gasteiger partial charge in [-0.1, -0.05) is 17.8 Å². The number of carbonyl (C=O) groups excluding carboxylic acids is 1. The number of aliphatic hydroxyl groups excluding tert-OH is 1. The Morgan fingerprint density at radius 1 is 1.67 bits per heavy atom. The number of rotatable bonds is 4. The van der Waals surface area contributed by atoms with Crippen LogP contribution < -0.4 is 0 Å². The number of amides is 1. The van der Waals surface area contributed by atoms with Crippen molar-refractivity contribution in [2.45, 2.75) is 25.8 Å². The van der Waals surface area contributed by atoms with E-state index in [0.29, 0.717) is 24.6 Å². The minimum absolute atomic E-state index is 0.0823. The zero-order valence-electron chi connectivity index (χ0n) is 10.3. The summed E-state index contributed by atoms with van der Waals surface area (Å²) in [4.78, 5) is 14.7. The van der Waals surface area contributed by atoms with Crippen molar-refractivity contribution in [3.05, 3.63) is 10.6 Å². The summed E-state index contributed by atoms with van der Waals surface area (Å²) >= 11 is 1.13. The van der Waals surface area contributed by atoms with Gasteiger partial charge in [0.05, 0.1) is 31.6 Å². The SMILES string of the molecule is CCCc1nnsc1C(=O)N1CCOC[C@H]1CO. The number of aryl methyl sites for hydroxylation is 1. The number of nitrogens with zero attached hydrogens (tertiary/aromatic N) is 3. The summed E-state index contributed by atoms with van der Waals surface area (Å²) in [5.41, 5.74) is 0.760. The van der Waals surface area contributed by atoms with Gasteiger partial charge in [0.2, 0.25) is 0 Å². The lowest BCUT2D eigenvalue weighted by Crippen LogP contribution is -2.50. The Labute approximate surface area is 110 Å². The molecule has 0 bridgehead atoms. The maximum absolute atomic E-state index is 12.4. The summed E-state index contributed by atoms with van der Waals surface area (Å²) in [5.74, 6) is -0.0872. The summed E-state index contributed by atoms with van der Waals surface area (Å²) in [6, 6.07) is -0.261. The molecule has 1 atom stereocenters. The summed E-state index contributed by atoms with van der Waals surface area (Å²) in [6.45, 7) is 3.36. The van der Waals surface area contributed by atoms with E-state index in [1.165, 1.54) is 0 Å². The maximum Gasteiger partial charge on any atom is 0.268 e. The fraction of sp³-hybridized carbons (Fsp3) is 0.727. The molecule has 1 saturated heterocycles. The number of aromatic nitrogens is 2. The number of hydrogen-bond donors (Lipinski definition) is 1. The Bertz CT molecular complexity index is 410. The average molecular weight is 271 g/mol. The summed E-state index contributed by atoms with van der Waals surface area (Å²) in [5, 5.41) is 13.3. The van der Waals surface area contributed by atoms with Crippen LogP contribution in [0, 0.1) is 0 Å². The minimum Gasteiger partial charge on any atom is -0.394 e. The van der Waals surface area contributed by atoms with E-state index in [4.69, 9.17) is 4.74 Å². The van der Waals surface area contributed by atoms with E-state index in [9.17, 15) is 9.90 Å². The Balaban J connectivity index is 2.16. The Morgan fingerprint density at radius 2 is 2.50 bits per heavy atom. The standard InChI is InChI=1S/C11H17N3O3S/c1-2-3-9-10(18-13-12-9)11(16)14-4-5-17-7-8(14)6-15/h8,15H,2-7H2,1H3/t8-/m1/s1. The number of ether oxygens (including phenoxy) is 1. The average Bonchev–Trinajstić information content (AvgIpc) is 2.86. The molecule has 2 rings (SSSR count). The predicted molar refractivity (Wildman–Crippen MR) is 66.6 cm³/mol. The van der Waals surface area contributed by atoms with Crippen molar-refractivity contribution in [2.75, 3.05) is 26.4 Å². The lowest BCUT2D eigenvalue weighted by molar-refractivity contribution is -0.0182. The second-order valence-electron chi connectivity index (χ2n) is 4.21. The zero-order chi connectivity index (χ0) is 13.0. The molecule has 0 aromatic carbocycles. The van der Waals surface area contributed by atoms with E-state index in [2.05, 4.69) is 9.59 Å². The highest BCUT2D eigenvalue weighted by Gasteiger charge is 2.30. The Kier molecular flexibility index (Phi) is 4.62. The summed E-state index contributed by atoms with van der Waals surface area (Å²) in [7, 11) is 0. The van der Waals surface area contributed by atoms with Gasteiger partial charge >= 0.3 is 0 Å². The number of morpholine rings is 1. The van der Waals surface area contributed by atoms with Crippen molar-refractivity contribution >= 4 is 17.4 Å². The Hall–Kier alpha value is -1.05. The molecule has 1 fully saturated rings. The van der Waals surface area contributed by atoms with Crippen molar-refractivity contribution in [2.24, 2.45) is 0 Å². The molecule has 18 heavy (non-hydrogen) atoms. The molecule has 0 spiro atoms. The van der Waals surface area contributed by atoms with Crippen LogP contribution in [0.3, 0.4) is 0 Å². The third-order valence-electron chi connectivity index (χ3n) is 2.94. The smallest absolute Gasteiger partial charge is 0.268 e. The lowest BCUT2D eigenvalue weighted by atomic mass is 10.2. The topological polar surface area (TPSA) is 75.6 Å². The van der Waals surface area contributed by atoms with Gasteiger partial charge in [-0.25, -0.2) is 0 Å². The second-order valence-corrected chi connectivity index (χ2v) is 4.96. The largest absolute Gasteiger partial charge is 0.394 e. The molecule has 1 aromatic heterocycles. The van der Waals surface area contributed by atoms with Crippen molar-refractivity contribution in [3.63, 3.8) is 0 Å². The van der Waals surface area contributed by atoms with Gasteiger partial charge < -0.3 is 14.7 Å². The third-order valence-corrected chi connectivity index (χ3v) is 3.69. The highest BCUT2D eigenvalue weighted by Crippen LogP contribution is 2.18. The van der Waals surface area contributed by atoms with E-state index < -0.39 is 0 Å². The van der Waals surface area contributed by atoms with Crippen LogP contribution in [-0.2, 0) is 11.2 Å². The normalized spacial score (nSPS) is 20.1. The highest BCUT2D eigenvalue weighted by atomic mass is 32.1. The molecule has 1 amide bonds. The number of hydrogen-bond acceptors (Lipinski definition) is 6. The van der Waals surface area contributed by atoms with Gasteiger partial charge in [0.25, 0.3) is 5.91 Å². The molecule has 7 heteroatoms. The monoisotopic (exact) mass is 271 g/mol. The van der Waals surface area contributed by atoms with Crippen LogP contribution in [0.5, 0.6) is 0 Å². The lowest BCUT2D eigenvalue weighted by Gasteiger charge is -2.34. The van der Waals surface area contributed by atoms with Gasteiger partial charge in [-0.05, 0) is 18.0 Å². The fourth-order valence-corrected chi connectivity index (χ4v) is 2.64. The van der Waals surface area contributed by atoms with Crippen LogP contribution in [0.1, 0.15) is 28.7 Å². The van der Waals surface area contributed by atoms with Gasteiger partial charge in [-0.3, -0.25) is 4.79 Å². The molecule has 0 aliphatic carbocycles. The minimum atomic E-state index is -0.261. The van der Waals surface area contributed by atoms with E-state index in [1.807, 2.05) is 6.92 Å². The van der Waals surface area contributed by atoms with Crippen molar-refractivity contribution in [1.29, 1.82) is 0 Å². The van der Waals surface area contributed by atoms with Crippen LogP contribution in [0.2, 0.25) is 0 Å². The molecular formula is C11H17N3O3S. The van der Waals surface area contributed by atoms with Gasteiger partial charge in [-0.2, -0.15) is 0 Å². The predicted octanol–water partition coefficient (Wildman–Crippen LogP) is 0.324. The first kappa shape index (κ1) is 13.4. The molecule has 0 unspecified atom stereocenters. The van der Waals surface area contributed by atoms with Crippen LogP contribution >= 0.6 is 11.5 Å². The summed E-state index contributed by atoms with van der Waals surface area (Å²) < 4.78 is 9.12. The van der Waals surface area contributed by atoms with E-state index >= 15 is 0 Å². The van der Waals surface area contributed by atoms with E-state index in [-0.39, 0.29) is 18.6 Å². The fourth-order valence-electron chi connectivity index (χ4n) is 1.98. The molecule has 1 aliphatic rings. The van der Waals surface area contributed by atoms with Crippen molar-refractivity contribution in [1.82, 2.24) is 14.5 Å². The Morgan fingerprint density at radius 3 is 3.22 bits per heavy atom. The number of carbonyl (C=O) groups is 1. The third kappa shape index (κ3) is 2.68. The maximum atomic E-state index is 12.4. The molecule has 2 heterocycles.